The maximum absolute atomic E-state index is 13.0. The third-order valence-electron chi connectivity index (χ3n) is 5.54. The summed E-state index contributed by atoms with van der Waals surface area (Å²) >= 11 is 0. The number of nitrogens with zero attached hydrogens (tertiary/aromatic N) is 2. The summed E-state index contributed by atoms with van der Waals surface area (Å²) in [6.45, 7) is 0.345. The van der Waals surface area contributed by atoms with Crippen LogP contribution >= 0.6 is 0 Å². The number of nitrogens with one attached hydrogen (secondary N) is 2. The Balaban J connectivity index is 1.49. The molecule has 0 bridgehead atoms. The third-order valence-corrected chi connectivity index (χ3v) is 5.54. The molecule has 2 N–H and O–H groups in total. The number of rotatable bonds is 6. The summed E-state index contributed by atoms with van der Waals surface area (Å²) in [7, 11) is 0. The number of aromatic nitrogens is 2. The Morgan fingerprint density at radius 1 is 1.07 bits per heavy atom. The lowest BCUT2D eigenvalue weighted by atomic mass is 9.95. The number of imidazole rings is 1. The fraction of sp³-hybridized carbons (Fsp3) is 0.348. The number of benzene rings is 2. The van der Waals surface area contributed by atoms with Crippen LogP contribution in [0.2, 0.25) is 0 Å². The van der Waals surface area contributed by atoms with Crippen LogP contribution in [0.4, 0.5) is 0 Å². The molecular weight excluding hydrogens is 364 g/mol. The van der Waals surface area contributed by atoms with E-state index in [1.54, 1.807) is 24.8 Å². The molecule has 1 aromatic heterocycles. The molecule has 1 saturated carbocycles. The van der Waals surface area contributed by atoms with E-state index in [4.69, 9.17) is 0 Å². The Morgan fingerprint density at radius 2 is 1.86 bits per heavy atom. The average Bonchev–Trinajstić information content (AvgIpc) is 3.27. The Kier molecular flexibility index (Phi) is 5.89. The molecule has 6 nitrogen and oxygen atoms in total. The number of carbonyl (C=O) groups excluding carboxylic acids is 2. The number of amides is 2. The minimum atomic E-state index is -0.662. The monoisotopic (exact) mass is 390 g/mol. The third kappa shape index (κ3) is 4.83. The van der Waals surface area contributed by atoms with E-state index in [2.05, 4.69) is 15.6 Å². The van der Waals surface area contributed by atoms with Gasteiger partial charge in [0, 0.05) is 24.0 Å². The van der Waals surface area contributed by atoms with Gasteiger partial charge in [0.05, 0.1) is 12.9 Å². The standard InChI is InChI=1S/C23H26N4O2/c28-22(19-11-10-17-6-4-5-7-18(17)14-19)26-21(15-27-13-12-24-16-27)23(29)25-20-8-2-1-3-9-20/h4-7,10-14,16,20-21H,1-3,8-9,15H2,(H,25,29)(H,26,28). The van der Waals surface area contributed by atoms with Crippen LogP contribution in [-0.4, -0.2) is 33.4 Å². The van der Waals surface area contributed by atoms with Crippen LogP contribution in [0.1, 0.15) is 42.5 Å². The van der Waals surface area contributed by atoms with Gasteiger partial charge in [-0.2, -0.15) is 0 Å². The molecule has 0 saturated heterocycles. The zero-order chi connectivity index (χ0) is 20.1. The minimum Gasteiger partial charge on any atom is -0.352 e. The summed E-state index contributed by atoms with van der Waals surface area (Å²) in [6, 6.07) is 13.0. The summed E-state index contributed by atoms with van der Waals surface area (Å²) in [5.74, 6) is -0.389. The second-order valence-corrected chi connectivity index (χ2v) is 7.69. The number of hydrogen-bond acceptors (Lipinski definition) is 3. The summed E-state index contributed by atoms with van der Waals surface area (Å²) in [5.41, 5.74) is 0.546. The molecule has 2 amide bonds. The van der Waals surface area contributed by atoms with E-state index in [1.165, 1.54) is 6.42 Å². The van der Waals surface area contributed by atoms with E-state index in [-0.39, 0.29) is 17.9 Å². The molecule has 1 aliphatic rings. The quantitative estimate of drug-likeness (QED) is 0.678. The molecule has 0 spiro atoms. The molecule has 1 atom stereocenters. The molecule has 2 aromatic carbocycles. The van der Waals surface area contributed by atoms with E-state index in [1.807, 2.05) is 41.0 Å². The maximum Gasteiger partial charge on any atom is 0.252 e. The van der Waals surface area contributed by atoms with Crippen molar-refractivity contribution in [1.82, 2.24) is 20.2 Å². The van der Waals surface area contributed by atoms with E-state index in [0.29, 0.717) is 12.1 Å². The lowest BCUT2D eigenvalue weighted by molar-refractivity contribution is -0.124. The predicted octanol–water partition coefficient (Wildman–Crippen LogP) is 3.28. The Labute approximate surface area is 170 Å². The fourth-order valence-corrected chi connectivity index (χ4v) is 3.92. The minimum absolute atomic E-state index is 0.139. The highest BCUT2D eigenvalue weighted by Crippen LogP contribution is 2.18. The van der Waals surface area contributed by atoms with Crippen molar-refractivity contribution in [2.75, 3.05) is 0 Å². The Bertz CT molecular complexity index is 977. The Morgan fingerprint density at radius 3 is 2.62 bits per heavy atom. The second kappa shape index (κ2) is 8.90. The van der Waals surface area contributed by atoms with Crippen LogP contribution in [-0.2, 0) is 11.3 Å². The van der Waals surface area contributed by atoms with E-state index in [9.17, 15) is 9.59 Å². The van der Waals surface area contributed by atoms with Crippen molar-refractivity contribution in [2.45, 2.75) is 50.7 Å². The lowest BCUT2D eigenvalue weighted by Crippen LogP contribution is -2.51. The molecule has 3 aromatic rings. The number of fused-ring (bicyclic) bond motifs is 1. The lowest BCUT2D eigenvalue weighted by Gasteiger charge is -2.26. The molecule has 0 aliphatic heterocycles. The fourth-order valence-electron chi connectivity index (χ4n) is 3.92. The number of carbonyl (C=O) groups is 2. The van der Waals surface area contributed by atoms with Gasteiger partial charge in [-0.25, -0.2) is 4.98 Å². The summed E-state index contributed by atoms with van der Waals surface area (Å²) in [4.78, 5) is 29.9. The largest absolute Gasteiger partial charge is 0.352 e. The van der Waals surface area contributed by atoms with Crippen molar-refractivity contribution < 1.29 is 9.59 Å². The summed E-state index contributed by atoms with van der Waals surface area (Å²) < 4.78 is 1.81. The first-order valence-electron chi connectivity index (χ1n) is 10.2. The van der Waals surface area contributed by atoms with Crippen LogP contribution in [0.3, 0.4) is 0 Å². The molecule has 0 radical (unpaired) electrons. The van der Waals surface area contributed by atoms with Crippen molar-refractivity contribution in [2.24, 2.45) is 0 Å². The molecule has 1 unspecified atom stereocenters. The molecule has 6 heteroatoms. The van der Waals surface area contributed by atoms with Gasteiger partial charge in [0.25, 0.3) is 5.91 Å². The van der Waals surface area contributed by atoms with Gasteiger partial charge in [0.15, 0.2) is 0 Å². The van der Waals surface area contributed by atoms with Gasteiger partial charge < -0.3 is 15.2 Å². The van der Waals surface area contributed by atoms with E-state index in [0.717, 1.165) is 36.5 Å². The summed E-state index contributed by atoms with van der Waals surface area (Å²) in [6.07, 6.45) is 10.6. The molecule has 29 heavy (non-hydrogen) atoms. The maximum atomic E-state index is 13.0. The van der Waals surface area contributed by atoms with Gasteiger partial charge in [0.2, 0.25) is 5.91 Å². The number of hydrogen-bond donors (Lipinski definition) is 2. The SMILES string of the molecule is O=C(NC(Cn1ccnc1)C(=O)NC1CCCCC1)c1ccc2ccccc2c1. The van der Waals surface area contributed by atoms with Gasteiger partial charge in [0.1, 0.15) is 6.04 Å². The topological polar surface area (TPSA) is 76.0 Å². The zero-order valence-electron chi connectivity index (χ0n) is 16.4. The van der Waals surface area contributed by atoms with Crippen molar-refractivity contribution in [3.8, 4) is 0 Å². The molecule has 4 rings (SSSR count). The smallest absolute Gasteiger partial charge is 0.252 e. The second-order valence-electron chi connectivity index (χ2n) is 7.69. The summed E-state index contributed by atoms with van der Waals surface area (Å²) in [5, 5.41) is 8.13. The van der Waals surface area contributed by atoms with Gasteiger partial charge in [-0.1, -0.05) is 49.6 Å². The van der Waals surface area contributed by atoms with E-state index >= 15 is 0 Å². The highest BCUT2D eigenvalue weighted by molar-refractivity contribution is 6.00. The predicted molar refractivity (Wildman–Crippen MR) is 112 cm³/mol. The molecule has 1 heterocycles. The molecule has 1 aliphatic carbocycles. The van der Waals surface area contributed by atoms with Crippen LogP contribution in [0.25, 0.3) is 10.8 Å². The van der Waals surface area contributed by atoms with E-state index < -0.39 is 6.04 Å². The first-order chi connectivity index (χ1) is 14.2. The average molecular weight is 390 g/mol. The van der Waals surface area contributed by atoms with Crippen LogP contribution < -0.4 is 10.6 Å². The molecule has 1 fully saturated rings. The van der Waals surface area contributed by atoms with Crippen molar-refractivity contribution in [3.05, 3.63) is 66.7 Å². The van der Waals surface area contributed by atoms with Gasteiger partial charge in [-0.05, 0) is 35.7 Å². The van der Waals surface area contributed by atoms with Crippen LogP contribution in [0.5, 0.6) is 0 Å². The first kappa shape index (κ1) is 19.2. The normalized spacial score (nSPS) is 15.7. The highest BCUT2D eigenvalue weighted by atomic mass is 16.2. The van der Waals surface area contributed by atoms with Crippen molar-refractivity contribution in [1.29, 1.82) is 0 Å². The highest BCUT2D eigenvalue weighted by Gasteiger charge is 2.25. The van der Waals surface area contributed by atoms with Crippen molar-refractivity contribution >= 4 is 22.6 Å². The zero-order valence-corrected chi connectivity index (χ0v) is 16.4. The van der Waals surface area contributed by atoms with Crippen molar-refractivity contribution in [3.63, 3.8) is 0 Å². The Hall–Kier alpha value is -3.15. The van der Waals surface area contributed by atoms with Crippen LogP contribution in [0.15, 0.2) is 61.2 Å². The first-order valence-corrected chi connectivity index (χ1v) is 10.2. The molecular formula is C23H26N4O2. The van der Waals surface area contributed by atoms with Gasteiger partial charge in [-0.15, -0.1) is 0 Å². The van der Waals surface area contributed by atoms with Gasteiger partial charge in [-0.3, -0.25) is 9.59 Å². The molecule has 150 valence electrons. The van der Waals surface area contributed by atoms with Gasteiger partial charge >= 0.3 is 0 Å². The van der Waals surface area contributed by atoms with Crippen LogP contribution in [0, 0.1) is 0 Å².